The molecule has 0 fully saturated rings. The minimum absolute atomic E-state index is 0.154. The molecule has 0 atom stereocenters. The predicted molar refractivity (Wildman–Crippen MR) is 121 cm³/mol. The van der Waals surface area contributed by atoms with Crippen molar-refractivity contribution in [2.45, 2.75) is 26.2 Å². The number of rotatable bonds is 8. The molecular formula is C25H26N2O4. The molecule has 6 nitrogen and oxygen atoms in total. The van der Waals surface area contributed by atoms with Crippen molar-refractivity contribution in [2.24, 2.45) is 0 Å². The summed E-state index contributed by atoms with van der Waals surface area (Å²) >= 11 is 0. The maximum Gasteiger partial charge on any atom is 0.325 e. The largest absolute Gasteiger partial charge is 0.454 e. The van der Waals surface area contributed by atoms with Gasteiger partial charge in [0.2, 0.25) is 5.91 Å². The van der Waals surface area contributed by atoms with Gasteiger partial charge < -0.3 is 15.4 Å². The Morgan fingerprint density at radius 3 is 2.32 bits per heavy atom. The van der Waals surface area contributed by atoms with Gasteiger partial charge in [-0.15, -0.1) is 0 Å². The maximum absolute atomic E-state index is 12.2. The monoisotopic (exact) mass is 418 g/mol. The van der Waals surface area contributed by atoms with Crippen LogP contribution in [0, 0.1) is 0 Å². The Balaban J connectivity index is 1.41. The minimum Gasteiger partial charge on any atom is -0.454 e. The van der Waals surface area contributed by atoms with E-state index in [1.165, 1.54) is 5.56 Å². The van der Waals surface area contributed by atoms with Gasteiger partial charge in [-0.1, -0.05) is 68.4 Å². The Kier molecular flexibility index (Phi) is 7.38. The van der Waals surface area contributed by atoms with Crippen molar-refractivity contribution >= 4 is 34.2 Å². The van der Waals surface area contributed by atoms with E-state index in [1.807, 2.05) is 66.7 Å². The number of benzene rings is 3. The van der Waals surface area contributed by atoms with E-state index in [-0.39, 0.29) is 18.9 Å². The van der Waals surface area contributed by atoms with E-state index in [2.05, 4.69) is 24.5 Å². The lowest BCUT2D eigenvalue weighted by atomic mass is 10.0. The van der Waals surface area contributed by atoms with Gasteiger partial charge >= 0.3 is 5.97 Å². The van der Waals surface area contributed by atoms with E-state index in [4.69, 9.17) is 4.74 Å². The van der Waals surface area contributed by atoms with E-state index in [0.717, 1.165) is 16.3 Å². The Morgan fingerprint density at radius 1 is 0.871 bits per heavy atom. The van der Waals surface area contributed by atoms with Crippen molar-refractivity contribution in [3.05, 3.63) is 77.9 Å². The summed E-state index contributed by atoms with van der Waals surface area (Å²) in [6, 6.07) is 21.1. The molecule has 3 rings (SSSR count). The van der Waals surface area contributed by atoms with E-state index in [1.54, 1.807) is 0 Å². The third kappa shape index (κ3) is 6.40. The van der Waals surface area contributed by atoms with Crippen LogP contribution in [-0.4, -0.2) is 30.9 Å². The third-order valence-corrected chi connectivity index (χ3v) is 4.89. The highest BCUT2D eigenvalue weighted by molar-refractivity contribution is 5.93. The van der Waals surface area contributed by atoms with Gasteiger partial charge in [-0.05, 0) is 39.9 Å². The smallest absolute Gasteiger partial charge is 0.325 e. The van der Waals surface area contributed by atoms with Crippen molar-refractivity contribution in [1.82, 2.24) is 5.32 Å². The van der Waals surface area contributed by atoms with Crippen molar-refractivity contribution < 1.29 is 19.1 Å². The summed E-state index contributed by atoms with van der Waals surface area (Å²) in [5.74, 6) is -0.992. The third-order valence-electron chi connectivity index (χ3n) is 4.89. The lowest BCUT2D eigenvalue weighted by molar-refractivity contribution is -0.147. The molecule has 0 aromatic heterocycles. The van der Waals surface area contributed by atoms with Gasteiger partial charge in [0.1, 0.15) is 6.54 Å². The van der Waals surface area contributed by atoms with Crippen LogP contribution in [0.3, 0.4) is 0 Å². The van der Waals surface area contributed by atoms with Gasteiger partial charge in [-0.25, -0.2) is 0 Å². The fraction of sp³-hybridized carbons (Fsp3) is 0.240. The van der Waals surface area contributed by atoms with Crippen molar-refractivity contribution in [2.75, 3.05) is 18.5 Å². The molecule has 0 saturated carbocycles. The normalized spacial score (nSPS) is 10.7. The van der Waals surface area contributed by atoms with Crippen LogP contribution in [0.4, 0.5) is 5.69 Å². The molecule has 3 aromatic rings. The average Bonchev–Trinajstić information content (AvgIpc) is 2.77. The summed E-state index contributed by atoms with van der Waals surface area (Å²) in [5.41, 5.74) is 2.68. The number of hydrogen-bond acceptors (Lipinski definition) is 4. The number of nitrogens with one attached hydrogen (secondary N) is 2. The first-order valence-corrected chi connectivity index (χ1v) is 10.2. The molecule has 0 bridgehead atoms. The Labute approximate surface area is 181 Å². The van der Waals surface area contributed by atoms with Crippen molar-refractivity contribution in [3.63, 3.8) is 0 Å². The van der Waals surface area contributed by atoms with Gasteiger partial charge in [0.05, 0.1) is 6.42 Å². The minimum atomic E-state index is -0.670. The second-order valence-corrected chi connectivity index (χ2v) is 7.58. The number of ether oxygens (including phenoxy) is 1. The van der Waals surface area contributed by atoms with E-state index >= 15 is 0 Å². The van der Waals surface area contributed by atoms with Crippen molar-refractivity contribution in [3.8, 4) is 0 Å². The highest BCUT2D eigenvalue weighted by Gasteiger charge is 2.11. The number of fused-ring (bicyclic) bond motifs is 1. The first-order valence-electron chi connectivity index (χ1n) is 10.2. The highest BCUT2D eigenvalue weighted by atomic mass is 16.5. The number of anilines is 1. The van der Waals surface area contributed by atoms with E-state index in [0.29, 0.717) is 11.6 Å². The summed E-state index contributed by atoms with van der Waals surface area (Å²) in [6.45, 7) is 3.48. The summed E-state index contributed by atoms with van der Waals surface area (Å²) in [5, 5.41) is 7.27. The zero-order valence-electron chi connectivity index (χ0n) is 17.7. The van der Waals surface area contributed by atoms with E-state index in [9.17, 15) is 14.4 Å². The first-order chi connectivity index (χ1) is 14.9. The van der Waals surface area contributed by atoms with Crippen LogP contribution in [0.25, 0.3) is 10.8 Å². The molecule has 0 aliphatic rings. The number of esters is 1. The number of amides is 2. The molecule has 31 heavy (non-hydrogen) atoms. The molecule has 0 spiro atoms. The van der Waals surface area contributed by atoms with Crippen LogP contribution in [0.1, 0.15) is 30.9 Å². The summed E-state index contributed by atoms with van der Waals surface area (Å²) < 4.78 is 4.94. The molecule has 3 aromatic carbocycles. The SMILES string of the molecule is CC(C)c1ccc(NC(=O)COC(=O)CNC(=O)Cc2cccc3ccccc23)cc1. The first kappa shape index (κ1) is 22.0. The van der Waals surface area contributed by atoms with Gasteiger partial charge in [0.25, 0.3) is 5.91 Å². The molecule has 0 aliphatic carbocycles. The summed E-state index contributed by atoms with van der Waals surface area (Å²) in [6.07, 6.45) is 0.154. The second kappa shape index (κ2) is 10.4. The fourth-order valence-electron chi connectivity index (χ4n) is 3.20. The molecule has 0 heterocycles. The molecule has 6 heteroatoms. The topological polar surface area (TPSA) is 84.5 Å². The number of carbonyl (C=O) groups is 3. The molecule has 0 aliphatic heterocycles. The maximum atomic E-state index is 12.2. The Bertz CT molecular complexity index is 1070. The van der Waals surface area contributed by atoms with Crippen LogP contribution in [0.15, 0.2) is 66.7 Å². The second-order valence-electron chi connectivity index (χ2n) is 7.58. The average molecular weight is 418 g/mol. The van der Waals surface area contributed by atoms with Gasteiger partial charge in [-0.2, -0.15) is 0 Å². The Morgan fingerprint density at radius 2 is 1.58 bits per heavy atom. The fourth-order valence-corrected chi connectivity index (χ4v) is 3.20. The molecule has 0 radical (unpaired) electrons. The van der Waals surface area contributed by atoms with Gasteiger partial charge in [0.15, 0.2) is 6.61 Å². The zero-order valence-corrected chi connectivity index (χ0v) is 17.7. The van der Waals surface area contributed by atoms with Gasteiger partial charge in [0, 0.05) is 5.69 Å². The summed E-state index contributed by atoms with van der Waals surface area (Å²) in [4.78, 5) is 36.1. The molecular weight excluding hydrogens is 392 g/mol. The lowest BCUT2D eigenvalue weighted by Gasteiger charge is -2.10. The molecule has 160 valence electrons. The standard InChI is InChI=1S/C25H26N2O4/c1-17(2)18-10-12-21(13-11-18)27-24(29)16-31-25(30)15-26-23(28)14-20-8-5-7-19-6-3-4-9-22(19)20/h3-13,17H,14-16H2,1-2H3,(H,26,28)(H,27,29). The van der Waals surface area contributed by atoms with Crippen LogP contribution in [0.5, 0.6) is 0 Å². The predicted octanol–water partition coefficient (Wildman–Crippen LogP) is 3.80. The van der Waals surface area contributed by atoms with Crippen molar-refractivity contribution in [1.29, 1.82) is 0 Å². The molecule has 2 amide bonds. The zero-order chi connectivity index (χ0) is 22.2. The highest BCUT2D eigenvalue weighted by Crippen LogP contribution is 2.19. The molecule has 0 saturated heterocycles. The van der Waals surface area contributed by atoms with Crippen LogP contribution in [-0.2, 0) is 25.5 Å². The van der Waals surface area contributed by atoms with Crippen LogP contribution < -0.4 is 10.6 Å². The van der Waals surface area contributed by atoms with Gasteiger partial charge in [-0.3, -0.25) is 14.4 Å². The molecule has 2 N–H and O–H groups in total. The number of carbonyl (C=O) groups excluding carboxylic acids is 3. The summed E-state index contributed by atoms with van der Waals surface area (Å²) in [7, 11) is 0. The van der Waals surface area contributed by atoms with Crippen LogP contribution >= 0.6 is 0 Å². The van der Waals surface area contributed by atoms with E-state index < -0.39 is 18.5 Å². The molecule has 0 unspecified atom stereocenters. The van der Waals surface area contributed by atoms with Crippen LogP contribution in [0.2, 0.25) is 0 Å². The number of hydrogen-bond donors (Lipinski definition) is 2. The Hall–Kier alpha value is -3.67. The quantitative estimate of drug-likeness (QED) is 0.545. The lowest BCUT2D eigenvalue weighted by Crippen LogP contribution is -2.33.